The molecule has 2 N–H and O–H groups in total. The molecule has 1 atom stereocenters. The molecular weight excluding hydrogens is 388 g/mol. The summed E-state index contributed by atoms with van der Waals surface area (Å²) in [5, 5.41) is 0. The van der Waals surface area contributed by atoms with Crippen LogP contribution >= 0.6 is 0 Å². The van der Waals surface area contributed by atoms with Gasteiger partial charge in [-0.05, 0) is 41.7 Å². The fraction of sp³-hybridized carbons (Fsp3) is 0.231. The molecule has 3 aromatic carbocycles. The molecule has 4 rings (SSSR count). The molecular formula is C26H26N2O3. The van der Waals surface area contributed by atoms with Crippen LogP contribution in [0.1, 0.15) is 12.0 Å². The standard InChI is InChI=1S/C26H26N2O3/c27-25(30)26(17-21-11-7-8-14-23(21)20-9-3-1-4-10-20)15-16-28(19-26)24(29)18-31-22-12-5-2-6-13-22/h1-14H,15-19H2,(H2,27,30). The second-order valence-corrected chi connectivity index (χ2v) is 8.01. The van der Waals surface area contributed by atoms with Crippen molar-refractivity contribution in [2.24, 2.45) is 11.1 Å². The van der Waals surface area contributed by atoms with Crippen LogP contribution in [0.5, 0.6) is 5.75 Å². The minimum atomic E-state index is -0.784. The quantitative estimate of drug-likeness (QED) is 0.641. The highest BCUT2D eigenvalue weighted by atomic mass is 16.5. The molecule has 5 heteroatoms. The van der Waals surface area contributed by atoms with Crippen LogP contribution in [0, 0.1) is 5.41 Å². The minimum Gasteiger partial charge on any atom is -0.484 e. The van der Waals surface area contributed by atoms with Gasteiger partial charge in [0.1, 0.15) is 5.75 Å². The normalized spacial score (nSPS) is 18.0. The number of rotatable bonds is 7. The zero-order valence-corrected chi connectivity index (χ0v) is 17.4. The molecule has 31 heavy (non-hydrogen) atoms. The Morgan fingerprint density at radius 2 is 1.55 bits per heavy atom. The molecule has 1 unspecified atom stereocenters. The number of likely N-dealkylation sites (tertiary alicyclic amines) is 1. The van der Waals surface area contributed by atoms with E-state index in [9.17, 15) is 9.59 Å². The Kier molecular flexibility index (Phi) is 6.03. The van der Waals surface area contributed by atoms with E-state index in [0.717, 1.165) is 16.7 Å². The van der Waals surface area contributed by atoms with Crippen LogP contribution in [-0.2, 0) is 16.0 Å². The SMILES string of the molecule is NC(=O)C1(Cc2ccccc2-c2ccccc2)CCN(C(=O)COc2ccccc2)C1. The van der Waals surface area contributed by atoms with Crippen molar-refractivity contribution in [3.8, 4) is 16.9 Å². The maximum absolute atomic E-state index is 12.7. The molecule has 2 amide bonds. The Hall–Kier alpha value is -3.60. The van der Waals surface area contributed by atoms with E-state index in [-0.39, 0.29) is 18.4 Å². The van der Waals surface area contributed by atoms with E-state index >= 15 is 0 Å². The van der Waals surface area contributed by atoms with Crippen molar-refractivity contribution < 1.29 is 14.3 Å². The molecule has 158 valence electrons. The number of primary amides is 1. The number of hydrogen-bond donors (Lipinski definition) is 1. The summed E-state index contributed by atoms with van der Waals surface area (Å²) in [6.07, 6.45) is 1.04. The van der Waals surface area contributed by atoms with Gasteiger partial charge in [0.05, 0.1) is 5.41 Å². The van der Waals surface area contributed by atoms with Crippen molar-refractivity contribution in [2.75, 3.05) is 19.7 Å². The first kappa shape index (κ1) is 20.7. The second kappa shape index (κ2) is 9.04. The van der Waals surface area contributed by atoms with E-state index in [1.807, 2.05) is 66.7 Å². The van der Waals surface area contributed by atoms with Gasteiger partial charge in [-0.25, -0.2) is 0 Å². The molecule has 0 radical (unpaired) electrons. The summed E-state index contributed by atoms with van der Waals surface area (Å²) in [6.45, 7) is 0.745. The van der Waals surface area contributed by atoms with E-state index in [1.165, 1.54) is 0 Å². The molecule has 0 aromatic heterocycles. The summed E-state index contributed by atoms with van der Waals surface area (Å²) < 4.78 is 5.60. The topological polar surface area (TPSA) is 72.6 Å². The van der Waals surface area contributed by atoms with E-state index in [4.69, 9.17) is 10.5 Å². The summed E-state index contributed by atoms with van der Waals surface area (Å²) in [6, 6.07) is 27.4. The van der Waals surface area contributed by atoms with Gasteiger partial charge in [-0.15, -0.1) is 0 Å². The molecule has 0 saturated carbocycles. The van der Waals surface area contributed by atoms with E-state index in [1.54, 1.807) is 4.90 Å². The Bertz CT molecular complexity index is 1050. The Balaban J connectivity index is 1.50. The monoisotopic (exact) mass is 414 g/mol. The largest absolute Gasteiger partial charge is 0.484 e. The van der Waals surface area contributed by atoms with Crippen LogP contribution in [0.3, 0.4) is 0 Å². The first-order valence-electron chi connectivity index (χ1n) is 10.5. The van der Waals surface area contributed by atoms with Crippen LogP contribution < -0.4 is 10.5 Å². The fourth-order valence-electron chi connectivity index (χ4n) is 4.21. The number of ether oxygens (including phenoxy) is 1. The van der Waals surface area contributed by atoms with Crippen LogP contribution in [0.25, 0.3) is 11.1 Å². The zero-order valence-electron chi connectivity index (χ0n) is 17.4. The zero-order chi connectivity index (χ0) is 21.7. The van der Waals surface area contributed by atoms with Gasteiger partial charge in [0.15, 0.2) is 6.61 Å². The molecule has 1 aliphatic rings. The lowest BCUT2D eigenvalue weighted by Crippen LogP contribution is -2.43. The maximum atomic E-state index is 12.7. The molecule has 1 heterocycles. The number of benzene rings is 3. The predicted octanol–water partition coefficient (Wildman–Crippen LogP) is 3.68. The van der Waals surface area contributed by atoms with Crippen molar-refractivity contribution in [1.29, 1.82) is 0 Å². The van der Waals surface area contributed by atoms with Gasteiger partial charge in [-0.2, -0.15) is 0 Å². The van der Waals surface area contributed by atoms with Crippen molar-refractivity contribution in [2.45, 2.75) is 12.8 Å². The van der Waals surface area contributed by atoms with Gasteiger partial charge in [-0.1, -0.05) is 72.8 Å². The highest BCUT2D eigenvalue weighted by Gasteiger charge is 2.45. The Morgan fingerprint density at radius 1 is 0.903 bits per heavy atom. The average Bonchev–Trinajstić information content (AvgIpc) is 3.25. The summed E-state index contributed by atoms with van der Waals surface area (Å²) >= 11 is 0. The Labute approximate surface area is 182 Å². The number of carbonyl (C=O) groups excluding carboxylic acids is 2. The van der Waals surface area contributed by atoms with E-state index < -0.39 is 5.41 Å². The van der Waals surface area contributed by atoms with Gasteiger partial charge in [0.2, 0.25) is 5.91 Å². The first-order chi connectivity index (χ1) is 15.1. The third-order valence-electron chi connectivity index (χ3n) is 5.97. The van der Waals surface area contributed by atoms with Crippen molar-refractivity contribution >= 4 is 11.8 Å². The van der Waals surface area contributed by atoms with Crippen LogP contribution in [0.2, 0.25) is 0 Å². The third-order valence-corrected chi connectivity index (χ3v) is 5.97. The molecule has 5 nitrogen and oxygen atoms in total. The summed E-state index contributed by atoms with van der Waals surface area (Å²) in [7, 11) is 0. The highest BCUT2D eigenvalue weighted by molar-refractivity contribution is 5.85. The summed E-state index contributed by atoms with van der Waals surface area (Å²) in [5.74, 6) is 0.144. The lowest BCUT2D eigenvalue weighted by molar-refractivity contribution is -0.133. The van der Waals surface area contributed by atoms with Gasteiger partial charge < -0.3 is 15.4 Å². The van der Waals surface area contributed by atoms with Crippen LogP contribution in [-0.4, -0.2) is 36.4 Å². The van der Waals surface area contributed by atoms with Gasteiger partial charge in [0, 0.05) is 13.1 Å². The van der Waals surface area contributed by atoms with Crippen LogP contribution in [0.15, 0.2) is 84.9 Å². The lowest BCUT2D eigenvalue weighted by Gasteiger charge is -2.27. The molecule has 1 saturated heterocycles. The van der Waals surface area contributed by atoms with Crippen molar-refractivity contribution in [1.82, 2.24) is 4.90 Å². The van der Waals surface area contributed by atoms with E-state index in [2.05, 4.69) is 18.2 Å². The maximum Gasteiger partial charge on any atom is 0.260 e. The highest BCUT2D eigenvalue weighted by Crippen LogP contribution is 2.37. The van der Waals surface area contributed by atoms with Gasteiger partial charge in [0.25, 0.3) is 5.91 Å². The average molecular weight is 415 g/mol. The first-order valence-corrected chi connectivity index (χ1v) is 10.5. The predicted molar refractivity (Wildman–Crippen MR) is 120 cm³/mol. The van der Waals surface area contributed by atoms with Crippen molar-refractivity contribution in [3.05, 3.63) is 90.5 Å². The van der Waals surface area contributed by atoms with Crippen LogP contribution in [0.4, 0.5) is 0 Å². The van der Waals surface area contributed by atoms with Gasteiger partial charge in [-0.3, -0.25) is 9.59 Å². The second-order valence-electron chi connectivity index (χ2n) is 8.01. The number of para-hydroxylation sites is 1. The Morgan fingerprint density at radius 3 is 2.26 bits per heavy atom. The molecule has 1 aliphatic heterocycles. The summed E-state index contributed by atoms with van der Waals surface area (Å²) in [5.41, 5.74) is 8.34. The number of carbonyl (C=O) groups is 2. The number of nitrogens with two attached hydrogens (primary N) is 1. The summed E-state index contributed by atoms with van der Waals surface area (Å²) in [4.78, 5) is 27.0. The fourth-order valence-corrected chi connectivity index (χ4v) is 4.21. The molecule has 1 fully saturated rings. The smallest absolute Gasteiger partial charge is 0.260 e. The number of nitrogens with zero attached hydrogens (tertiary/aromatic N) is 1. The number of hydrogen-bond acceptors (Lipinski definition) is 3. The van der Waals surface area contributed by atoms with Crippen molar-refractivity contribution in [3.63, 3.8) is 0 Å². The lowest BCUT2D eigenvalue weighted by atomic mass is 9.78. The molecule has 0 bridgehead atoms. The van der Waals surface area contributed by atoms with E-state index in [0.29, 0.717) is 31.7 Å². The minimum absolute atomic E-state index is 0.0561. The molecule has 3 aromatic rings. The number of amides is 2. The molecule has 0 aliphatic carbocycles. The third kappa shape index (κ3) is 4.61. The molecule has 0 spiro atoms. The van der Waals surface area contributed by atoms with Gasteiger partial charge >= 0.3 is 0 Å².